The van der Waals surface area contributed by atoms with Gasteiger partial charge in [-0.15, -0.1) is 0 Å². The Balaban J connectivity index is 1.41. The van der Waals surface area contributed by atoms with E-state index in [-0.39, 0.29) is 22.3 Å². The fourth-order valence-corrected chi connectivity index (χ4v) is 6.01. The summed E-state index contributed by atoms with van der Waals surface area (Å²) < 4.78 is 34.3. The molecule has 8 nitrogen and oxygen atoms in total. The molecular formula is C21H29N3O5S. The fourth-order valence-electron chi connectivity index (χ4n) is 4.53. The molecule has 2 aliphatic rings. The molecule has 0 bridgehead atoms. The predicted molar refractivity (Wildman–Crippen MR) is 113 cm³/mol. The Hall–Kier alpha value is -2.13. The second kappa shape index (κ2) is 8.55. The van der Waals surface area contributed by atoms with Gasteiger partial charge in [0, 0.05) is 45.2 Å². The third-order valence-corrected chi connectivity index (χ3v) is 8.23. The number of rotatable bonds is 5. The van der Waals surface area contributed by atoms with E-state index in [0.717, 1.165) is 25.9 Å². The van der Waals surface area contributed by atoms with E-state index in [1.807, 2.05) is 11.8 Å². The number of oxazole rings is 1. The van der Waals surface area contributed by atoms with Gasteiger partial charge in [0.15, 0.2) is 5.58 Å². The van der Waals surface area contributed by atoms with Crippen LogP contribution in [0.15, 0.2) is 32.3 Å². The molecule has 164 valence electrons. The van der Waals surface area contributed by atoms with Crippen LogP contribution in [0, 0.1) is 5.92 Å². The highest BCUT2D eigenvalue weighted by Crippen LogP contribution is 2.28. The lowest BCUT2D eigenvalue weighted by molar-refractivity contribution is -0.133. The SMILES string of the molecule is CCn1c(=O)oc2cc(S(=O)(=O)N3CCC(CC(=O)N4CCCCC4)CC3)ccc21. The van der Waals surface area contributed by atoms with Gasteiger partial charge in [0.05, 0.1) is 10.4 Å². The van der Waals surface area contributed by atoms with Crippen LogP contribution in [0.1, 0.15) is 45.4 Å². The van der Waals surface area contributed by atoms with E-state index in [0.29, 0.717) is 44.4 Å². The van der Waals surface area contributed by atoms with Crippen molar-refractivity contribution >= 4 is 27.0 Å². The molecule has 9 heteroatoms. The molecule has 2 saturated heterocycles. The molecule has 1 aromatic heterocycles. The molecule has 2 aromatic rings. The summed E-state index contributed by atoms with van der Waals surface area (Å²) in [7, 11) is -3.67. The van der Waals surface area contributed by atoms with Gasteiger partial charge in [-0.25, -0.2) is 13.2 Å². The topological polar surface area (TPSA) is 92.8 Å². The molecule has 2 aliphatic heterocycles. The average Bonchev–Trinajstić information content (AvgIpc) is 3.08. The normalized spacial score (nSPS) is 19.4. The third kappa shape index (κ3) is 4.05. The number of hydrogen-bond acceptors (Lipinski definition) is 5. The number of benzene rings is 1. The summed E-state index contributed by atoms with van der Waals surface area (Å²) in [6.07, 6.45) is 5.22. The van der Waals surface area contributed by atoms with E-state index < -0.39 is 15.8 Å². The highest BCUT2D eigenvalue weighted by molar-refractivity contribution is 7.89. The Bertz CT molecular complexity index is 1070. The van der Waals surface area contributed by atoms with Crippen molar-refractivity contribution < 1.29 is 17.6 Å². The van der Waals surface area contributed by atoms with E-state index in [9.17, 15) is 18.0 Å². The highest BCUT2D eigenvalue weighted by Gasteiger charge is 2.31. The van der Waals surface area contributed by atoms with Crippen molar-refractivity contribution in [2.45, 2.75) is 56.9 Å². The monoisotopic (exact) mass is 435 g/mol. The number of aromatic nitrogens is 1. The lowest BCUT2D eigenvalue weighted by atomic mass is 9.93. The summed E-state index contributed by atoms with van der Waals surface area (Å²) in [4.78, 5) is 26.5. The summed E-state index contributed by atoms with van der Waals surface area (Å²) in [5, 5.41) is 0. The maximum absolute atomic E-state index is 13.1. The molecule has 0 aliphatic carbocycles. The molecule has 4 rings (SSSR count). The first kappa shape index (κ1) is 21.1. The minimum absolute atomic E-state index is 0.134. The van der Waals surface area contributed by atoms with Crippen LogP contribution >= 0.6 is 0 Å². The Kier molecular flexibility index (Phi) is 6.02. The van der Waals surface area contributed by atoms with Crippen LogP contribution in [0.3, 0.4) is 0 Å². The van der Waals surface area contributed by atoms with E-state index >= 15 is 0 Å². The molecular weight excluding hydrogens is 406 g/mol. The molecule has 0 atom stereocenters. The zero-order valence-electron chi connectivity index (χ0n) is 17.4. The van der Waals surface area contributed by atoms with Crippen LogP contribution in [0.2, 0.25) is 0 Å². The Labute approximate surface area is 176 Å². The van der Waals surface area contributed by atoms with E-state index in [1.165, 1.54) is 27.4 Å². The summed E-state index contributed by atoms with van der Waals surface area (Å²) >= 11 is 0. The Morgan fingerprint density at radius 3 is 2.47 bits per heavy atom. The molecule has 1 amide bonds. The zero-order chi connectivity index (χ0) is 21.3. The van der Waals surface area contributed by atoms with E-state index in [2.05, 4.69) is 0 Å². The van der Waals surface area contributed by atoms with E-state index in [4.69, 9.17) is 4.42 Å². The molecule has 1 aromatic carbocycles. The van der Waals surface area contributed by atoms with Gasteiger partial charge in [-0.05, 0) is 57.1 Å². The third-order valence-electron chi connectivity index (χ3n) is 6.34. The molecule has 0 saturated carbocycles. The van der Waals surface area contributed by atoms with Crippen molar-refractivity contribution in [2.24, 2.45) is 5.92 Å². The first-order valence-corrected chi connectivity index (χ1v) is 12.3. The fraction of sp³-hybridized carbons (Fsp3) is 0.619. The maximum atomic E-state index is 13.1. The maximum Gasteiger partial charge on any atom is 0.419 e. The Morgan fingerprint density at radius 1 is 1.10 bits per heavy atom. The summed E-state index contributed by atoms with van der Waals surface area (Å²) in [5.74, 6) is -0.0527. The summed E-state index contributed by atoms with van der Waals surface area (Å²) in [5.41, 5.74) is 0.876. The van der Waals surface area contributed by atoms with Gasteiger partial charge in [-0.1, -0.05) is 0 Å². The van der Waals surface area contributed by atoms with Gasteiger partial charge in [-0.2, -0.15) is 4.31 Å². The highest BCUT2D eigenvalue weighted by atomic mass is 32.2. The number of fused-ring (bicyclic) bond motifs is 1. The van der Waals surface area contributed by atoms with Crippen molar-refractivity contribution in [1.29, 1.82) is 0 Å². The van der Waals surface area contributed by atoms with Crippen molar-refractivity contribution in [3.63, 3.8) is 0 Å². The predicted octanol–water partition coefficient (Wildman–Crippen LogP) is 2.42. The first-order valence-electron chi connectivity index (χ1n) is 10.8. The van der Waals surface area contributed by atoms with Crippen molar-refractivity contribution in [1.82, 2.24) is 13.8 Å². The largest absolute Gasteiger partial charge is 0.419 e. The smallest absolute Gasteiger partial charge is 0.408 e. The van der Waals surface area contributed by atoms with Gasteiger partial charge in [0.1, 0.15) is 0 Å². The number of likely N-dealkylation sites (tertiary alicyclic amines) is 1. The standard InChI is InChI=1S/C21H29N3O5S/c1-2-24-18-7-6-17(15-19(18)29-21(24)26)30(27,28)23-12-8-16(9-13-23)14-20(25)22-10-4-3-5-11-22/h6-7,15-16H,2-5,8-14H2,1H3. The number of nitrogens with zero attached hydrogens (tertiary/aromatic N) is 3. The quantitative estimate of drug-likeness (QED) is 0.719. The molecule has 3 heterocycles. The van der Waals surface area contributed by atoms with Crippen LogP contribution < -0.4 is 5.76 Å². The number of amides is 1. The zero-order valence-corrected chi connectivity index (χ0v) is 18.2. The number of hydrogen-bond donors (Lipinski definition) is 0. The number of carbonyl (C=O) groups excluding carboxylic acids is 1. The molecule has 30 heavy (non-hydrogen) atoms. The average molecular weight is 436 g/mol. The number of sulfonamides is 1. The molecule has 0 radical (unpaired) electrons. The lowest BCUT2D eigenvalue weighted by Crippen LogP contribution is -2.41. The molecule has 2 fully saturated rings. The van der Waals surface area contributed by atoms with Crippen molar-refractivity contribution in [3.05, 3.63) is 28.7 Å². The number of carbonyl (C=O) groups is 1. The minimum atomic E-state index is -3.67. The van der Waals surface area contributed by atoms with Gasteiger partial charge >= 0.3 is 5.76 Å². The van der Waals surface area contributed by atoms with Crippen LogP contribution in [-0.2, 0) is 21.4 Å². The van der Waals surface area contributed by atoms with Gasteiger partial charge < -0.3 is 9.32 Å². The molecule has 0 spiro atoms. The lowest BCUT2D eigenvalue weighted by Gasteiger charge is -2.33. The van der Waals surface area contributed by atoms with Crippen LogP contribution in [-0.4, -0.2) is 54.3 Å². The summed E-state index contributed by atoms with van der Waals surface area (Å²) in [6.45, 7) is 4.80. The van der Waals surface area contributed by atoms with E-state index in [1.54, 1.807) is 6.07 Å². The van der Waals surface area contributed by atoms with Gasteiger partial charge in [-0.3, -0.25) is 9.36 Å². The van der Waals surface area contributed by atoms with Crippen LogP contribution in [0.5, 0.6) is 0 Å². The van der Waals surface area contributed by atoms with Gasteiger partial charge in [0.2, 0.25) is 15.9 Å². The molecule has 0 N–H and O–H groups in total. The van der Waals surface area contributed by atoms with Crippen LogP contribution in [0.25, 0.3) is 11.1 Å². The summed E-state index contributed by atoms with van der Waals surface area (Å²) in [6, 6.07) is 4.59. The Morgan fingerprint density at radius 2 is 1.80 bits per heavy atom. The minimum Gasteiger partial charge on any atom is -0.408 e. The van der Waals surface area contributed by atoms with Crippen molar-refractivity contribution in [3.8, 4) is 0 Å². The van der Waals surface area contributed by atoms with Crippen LogP contribution in [0.4, 0.5) is 0 Å². The second-order valence-electron chi connectivity index (χ2n) is 8.23. The van der Waals surface area contributed by atoms with Gasteiger partial charge in [0.25, 0.3) is 0 Å². The van der Waals surface area contributed by atoms with Crippen molar-refractivity contribution in [2.75, 3.05) is 26.2 Å². The first-order chi connectivity index (χ1) is 14.4. The number of aryl methyl sites for hydroxylation is 1. The molecule has 0 unspecified atom stereocenters. The second-order valence-corrected chi connectivity index (χ2v) is 10.2. The number of piperidine rings is 2.